The lowest BCUT2D eigenvalue weighted by atomic mass is 9.97. The molecule has 1 saturated heterocycles. The molecule has 0 spiro atoms. The second kappa shape index (κ2) is 4.90. The van der Waals surface area contributed by atoms with Gasteiger partial charge in [-0.1, -0.05) is 19.1 Å². The number of hydrogen-bond acceptors (Lipinski definition) is 3. The molecule has 2 atom stereocenters. The van der Waals surface area contributed by atoms with E-state index >= 15 is 0 Å². The highest BCUT2D eigenvalue weighted by Crippen LogP contribution is 2.31. The fourth-order valence-corrected chi connectivity index (χ4v) is 4.25. The minimum atomic E-state index is -3.59. The number of phenols is 1. The van der Waals surface area contributed by atoms with E-state index in [0.29, 0.717) is 12.5 Å². The van der Waals surface area contributed by atoms with Gasteiger partial charge in [0.1, 0.15) is 10.6 Å². The van der Waals surface area contributed by atoms with Crippen LogP contribution in [0, 0.1) is 5.92 Å². The summed E-state index contributed by atoms with van der Waals surface area (Å²) in [6, 6.07) is 6.11. The van der Waals surface area contributed by atoms with E-state index in [2.05, 4.69) is 6.92 Å². The summed E-state index contributed by atoms with van der Waals surface area (Å²) in [6.07, 6.45) is 1.92. The van der Waals surface area contributed by atoms with Crippen LogP contribution in [-0.2, 0) is 10.0 Å². The van der Waals surface area contributed by atoms with E-state index in [1.54, 1.807) is 12.1 Å². The summed E-state index contributed by atoms with van der Waals surface area (Å²) in [4.78, 5) is 0.00551. The average molecular weight is 269 g/mol. The van der Waals surface area contributed by atoms with Gasteiger partial charge in [-0.15, -0.1) is 0 Å². The first-order valence-electron chi connectivity index (χ1n) is 6.22. The molecule has 0 aliphatic carbocycles. The Bertz CT molecular complexity index is 527. The van der Waals surface area contributed by atoms with Crippen molar-refractivity contribution in [3.05, 3.63) is 24.3 Å². The number of para-hydroxylation sites is 1. The molecule has 1 aliphatic heterocycles. The second-order valence-corrected chi connectivity index (χ2v) is 6.93. The van der Waals surface area contributed by atoms with Crippen LogP contribution in [0.5, 0.6) is 5.75 Å². The first-order valence-corrected chi connectivity index (χ1v) is 7.66. The second-order valence-electron chi connectivity index (χ2n) is 5.07. The van der Waals surface area contributed by atoms with E-state index in [4.69, 9.17) is 0 Å². The fraction of sp³-hybridized carbons (Fsp3) is 0.538. The highest BCUT2D eigenvalue weighted by atomic mass is 32.2. The molecule has 0 aromatic heterocycles. The molecular weight excluding hydrogens is 250 g/mol. The molecular formula is C13H19NO3S. The summed E-state index contributed by atoms with van der Waals surface area (Å²) < 4.78 is 26.6. The third-order valence-corrected chi connectivity index (χ3v) is 5.54. The minimum Gasteiger partial charge on any atom is -0.507 e. The molecule has 0 radical (unpaired) electrons. The Balaban J connectivity index is 2.39. The van der Waals surface area contributed by atoms with Crippen LogP contribution in [0.25, 0.3) is 0 Å². The zero-order chi connectivity index (χ0) is 13.3. The molecule has 2 unspecified atom stereocenters. The predicted molar refractivity (Wildman–Crippen MR) is 69.9 cm³/mol. The van der Waals surface area contributed by atoms with Gasteiger partial charge in [0, 0.05) is 12.6 Å². The van der Waals surface area contributed by atoms with Gasteiger partial charge in [0.2, 0.25) is 10.0 Å². The lowest BCUT2D eigenvalue weighted by Crippen LogP contribution is -2.44. The number of sulfonamides is 1. The molecule has 1 aliphatic rings. The number of rotatable bonds is 2. The average Bonchev–Trinajstić information content (AvgIpc) is 2.32. The van der Waals surface area contributed by atoms with Crippen molar-refractivity contribution < 1.29 is 13.5 Å². The zero-order valence-corrected chi connectivity index (χ0v) is 11.5. The van der Waals surface area contributed by atoms with E-state index < -0.39 is 10.0 Å². The van der Waals surface area contributed by atoms with Gasteiger partial charge in [-0.3, -0.25) is 0 Å². The molecule has 1 heterocycles. The van der Waals surface area contributed by atoms with Crippen LogP contribution in [0.1, 0.15) is 26.7 Å². The van der Waals surface area contributed by atoms with Crippen molar-refractivity contribution in [3.8, 4) is 5.75 Å². The molecule has 1 aromatic carbocycles. The molecule has 5 heteroatoms. The maximum atomic E-state index is 12.5. The van der Waals surface area contributed by atoms with Gasteiger partial charge in [0.25, 0.3) is 0 Å². The zero-order valence-electron chi connectivity index (χ0n) is 10.7. The molecule has 1 N–H and O–H groups in total. The minimum absolute atomic E-state index is 0.00551. The number of nitrogens with zero attached hydrogens (tertiary/aromatic N) is 1. The molecule has 4 nitrogen and oxygen atoms in total. The van der Waals surface area contributed by atoms with Crippen LogP contribution >= 0.6 is 0 Å². The molecule has 0 saturated carbocycles. The molecule has 0 amide bonds. The summed E-state index contributed by atoms with van der Waals surface area (Å²) in [7, 11) is -3.59. The van der Waals surface area contributed by atoms with Gasteiger partial charge >= 0.3 is 0 Å². The van der Waals surface area contributed by atoms with Crippen molar-refractivity contribution in [1.29, 1.82) is 0 Å². The first-order chi connectivity index (χ1) is 8.43. The van der Waals surface area contributed by atoms with E-state index in [9.17, 15) is 13.5 Å². The molecule has 0 bridgehead atoms. The highest BCUT2D eigenvalue weighted by molar-refractivity contribution is 7.89. The monoisotopic (exact) mass is 269 g/mol. The number of aromatic hydroxyl groups is 1. The first kappa shape index (κ1) is 13.4. The number of hydrogen-bond donors (Lipinski definition) is 1. The summed E-state index contributed by atoms with van der Waals surface area (Å²) >= 11 is 0. The third kappa shape index (κ3) is 2.37. The van der Waals surface area contributed by atoms with Gasteiger partial charge in [0.15, 0.2) is 0 Å². The van der Waals surface area contributed by atoms with Crippen LogP contribution in [0.4, 0.5) is 0 Å². The summed E-state index contributed by atoms with van der Waals surface area (Å²) in [6.45, 7) is 4.50. The predicted octanol–water partition coefficient (Wildman–Crippen LogP) is 2.20. The number of benzene rings is 1. The summed E-state index contributed by atoms with van der Waals surface area (Å²) in [5, 5.41) is 9.72. The maximum Gasteiger partial charge on any atom is 0.246 e. The Labute approximate surface area is 108 Å². The van der Waals surface area contributed by atoms with Gasteiger partial charge in [-0.05, 0) is 37.8 Å². The normalized spacial score (nSPS) is 26.1. The molecule has 2 rings (SSSR count). The Morgan fingerprint density at radius 3 is 2.56 bits per heavy atom. The number of phenolic OH excluding ortho intramolecular Hbond substituents is 1. The van der Waals surface area contributed by atoms with E-state index in [1.165, 1.54) is 16.4 Å². The SMILES string of the molecule is CC1CCC(C)N(S(=O)(=O)c2ccccc2O)C1. The quantitative estimate of drug-likeness (QED) is 0.895. The van der Waals surface area contributed by atoms with Gasteiger partial charge < -0.3 is 5.11 Å². The standard InChI is InChI=1S/C13H19NO3S/c1-10-7-8-11(2)14(9-10)18(16,17)13-6-4-3-5-12(13)15/h3-6,10-11,15H,7-9H2,1-2H3. The van der Waals surface area contributed by atoms with Crippen molar-refractivity contribution in [2.75, 3.05) is 6.54 Å². The molecule has 100 valence electrons. The van der Waals surface area contributed by atoms with Crippen LogP contribution in [0.3, 0.4) is 0 Å². The Morgan fingerprint density at radius 2 is 1.89 bits per heavy atom. The van der Waals surface area contributed by atoms with Gasteiger partial charge in [-0.25, -0.2) is 8.42 Å². The topological polar surface area (TPSA) is 57.6 Å². The van der Waals surface area contributed by atoms with Gasteiger partial charge in [-0.2, -0.15) is 4.31 Å². The Hall–Kier alpha value is -1.07. The van der Waals surface area contributed by atoms with Crippen LogP contribution < -0.4 is 0 Å². The molecule has 1 fully saturated rings. The van der Waals surface area contributed by atoms with Crippen LogP contribution in [0.2, 0.25) is 0 Å². The largest absolute Gasteiger partial charge is 0.507 e. The van der Waals surface area contributed by atoms with E-state index in [1.807, 2.05) is 6.92 Å². The lowest BCUT2D eigenvalue weighted by molar-refractivity contribution is 0.217. The van der Waals surface area contributed by atoms with Crippen LogP contribution in [0.15, 0.2) is 29.2 Å². The smallest absolute Gasteiger partial charge is 0.246 e. The van der Waals surface area contributed by atoms with Crippen LogP contribution in [-0.4, -0.2) is 30.4 Å². The van der Waals surface area contributed by atoms with Crippen molar-refractivity contribution in [2.24, 2.45) is 5.92 Å². The van der Waals surface area contributed by atoms with Crippen molar-refractivity contribution in [3.63, 3.8) is 0 Å². The van der Waals surface area contributed by atoms with Crippen molar-refractivity contribution in [2.45, 2.75) is 37.6 Å². The summed E-state index contributed by atoms with van der Waals surface area (Å²) in [5.74, 6) is 0.185. The molecule has 1 aromatic rings. The highest BCUT2D eigenvalue weighted by Gasteiger charge is 2.34. The lowest BCUT2D eigenvalue weighted by Gasteiger charge is -2.35. The van der Waals surface area contributed by atoms with Crippen molar-refractivity contribution in [1.82, 2.24) is 4.31 Å². The van der Waals surface area contributed by atoms with E-state index in [-0.39, 0.29) is 16.7 Å². The number of piperidine rings is 1. The molecule has 18 heavy (non-hydrogen) atoms. The maximum absolute atomic E-state index is 12.5. The Kier molecular flexibility index (Phi) is 3.64. The summed E-state index contributed by atoms with van der Waals surface area (Å²) in [5.41, 5.74) is 0. The van der Waals surface area contributed by atoms with Gasteiger partial charge in [0.05, 0.1) is 0 Å². The van der Waals surface area contributed by atoms with Crippen molar-refractivity contribution >= 4 is 10.0 Å². The third-order valence-electron chi connectivity index (χ3n) is 3.51. The fourth-order valence-electron chi connectivity index (χ4n) is 2.38. The van der Waals surface area contributed by atoms with E-state index in [0.717, 1.165) is 12.8 Å². The Morgan fingerprint density at radius 1 is 1.22 bits per heavy atom.